The average molecular weight is 516 g/mol. The van der Waals surface area contributed by atoms with Crippen LogP contribution in [0.2, 0.25) is 0 Å². The molecule has 7 nitrogen and oxygen atoms in total. The van der Waals surface area contributed by atoms with Crippen LogP contribution in [0, 0.1) is 29.2 Å². The lowest BCUT2D eigenvalue weighted by Gasteiger charge is -2.37. The SMILES string of the molecule is COC(=O)c1cc(F)c(-c2c(F)ccc(C(=O)Nc3cnccc3N3C[C@H](C)C[C@H](N)C3)c2F)c(F)c1. The first kappa shape index (κ1) is 26.1. The minimum absolute atomic E-state index is 0.0760. The number of nitrogens with one attached hydrogen (secondary N) is 1. The molecule has 1 aromatic heterocycles. The zero-order chi connectivity index (χ0) is 26.9. The van der Waals surface area contributed by atoms with Gasteiger partial charge < -0.3 is 20.7 Å². The Labute approximate surface area is 210 Å². The van der Waals surface area contributed by atoms with Gasteiger partial charge in [0, 0.05) is 25.3 Å². The van der Waals surface area contributed by atoms with Gasteiger partial charge in [-0.25, -0.2) is 22.4 Å². The highest BCUT2D eigenvalue weighted by molar-refractivity contribution is 6.06. The molecular weight excluding hydrogens is 492 g/mol. The van der Waals surface area contributed by atoms with Crippen molar-refractivity contribution in [1.82, 2.24) is 4.98 Å². The summed E-state index contributed by atoms with van der Waals surface area (Å²) in [5.41, 5.74) is 3.75. The Morgan fingerprint density at radius 1 is 1.05 bits per heavy atom. The van der Waals surface area contributed by atoms with Crippen molar-refractivity contribution in [2.24, 2.45) is 11.7 Å². The fraction of sp³-hybridized carbons (Fsp3) is 0.269. The molecule has 1 amide bonds. The number of esters is 1. The number of nitrogens with zero attached hydrogens (tertiary/aromatic N) is 2. The van der Waals surface area contributed by atoms with E-state index in [1.54, 1.807) is 6.07 Å². The predicted octanol–water partition coefficient (Wildman–Crippen LogP) is 4.52. The van der Waals surface area contributed by atoms with E-state index in [0.717, 1.165) is 25.7 Å². The lowest BCUT2D eigenvalue weighted by Crippen LogP contribution is -2.46. The molecule has 1 aliphatic heterocycles. The van der Waals surface area contributed by atoms with Gasteiger partial charge in [-0.1, -0.05) is 6.92 Å². The number of hydrogen-bond acceptors (Lipinski definition) is 6. The van der Waals surface area contributed by atoms with Crippen LogP contribution in [0.15, 0.2) is 42.7 Å². The Hall–Kier alpha value is -3.99. The first-order valence-corrected chi connectivity index (χ1v) is 11.4. The van der Waals surface area contributed by atoms with Crippen LogP contribution in [-0.4, -0.2) is 43.1 Å². The van der Waals surface area contributed by atoms with Crippen molar-refractivity contribution in [3.05, 3.63) is 77.1 Å². The van der Waals surface area contributed by atoms with Crippen molar-refractivity contribution in [3.8, 4) is 11.1 Å². The number of carbonyl (C=O) groups is 2. The molecular formula is C26H24F4N4O3. The van der Waals surface area contributed by atoms with E-state index >= 15 is 4.39 Å². The Kier molecular flexibility index (Phi) is 7.44. The number of pyridine rings is 1. The van der Waals surface area contributed by atoms with Crippen molar-refractivity contribution in [2.75, 3.05) is 30.4 Å². The fourth-order valence-corrected chi connectivity index (χ4v) is 4.55. The van der Waals surface area contributed by atoms with Gasteiger partial charge in [0.25, 0.3) is 5.91 Å². The van der Waals surface area contributed by atoms with Crippen LogP contribution in [0.25, 0.3) is 11.1 Å². The summed E-state index contributed by atoms with van der Waals surface area (Å²) in [6, 6.07) is 4.41. The van der Waals surface area contributed by atoms with Crippen LogP contribution in [0.1, 0.15) is 34.1 Å². The lowest BCUT2D eigenvalue weighted by molar-refractivity contribution is 0.0599. The third-order valence-electron chi connectivity index (χ3n) is 6.13. The second kappa shape index (κ2) is 10.6. The molecule has 0 radical (unpaired) electrons. The Bertz CT molecular complexity index is 1330. The summed E-state index contributed by atoms with van der Waals surface area (Å²) in [4.78, 5) is 30.7. The number of ether oxygens (including phenoxy) is 1. The van der Waals surface area contributed by atoms with Crippen LogP contribution in [-0.2, 0) is 4.74 Å². The first-order valence-electron chi connectivity index (χ1n) is 11.4. The van der Waals surface area contributed by atoms with Crippen molar-refractivity contribution in [2.45, 2.75) is 19.4 Å². The third-order valence-corrected chi connectivity index (χ3v) is 6.13. The van der Waals surface area contributed by atoms with Gasteiger partial charge in [-0.2, -0.15) is 0 Å². The quantitative estimate of drug-likeness (QED) is 0.383. The van der Waals surface area contributed by atoms with Gasteiger partial charge in [-0.3, -0.25) is 9.78 Å². The third kappa shape index (κ3) is 5.26. The molecule has 11 heteroatoms. The van der Waals surface area contributed by atoms with Crippen molar-refractivity contribution < 1.29 is 31.9 Å². The minimum Gasteiger partial charge on any atom is -0.465 e. The van der Waals surface area contributed by atoms with Gasteiger partial charge >= 0.3 is 5.97 Å². The highest BCUT2D eigenvalue weighted by Crippen LogP contribution is 2.34. The average Bonchev–Trinajstić information content (AvgIpc) is 2.84. The standard InChI is InChI=1S/C26H24F4N4O3/c1-13-7-15(31)12-34(11-13)21-5-6-32-10-20(21)33-25(35)16-3-4-17(27)23(24(16)30)22-18(28)8-14(9-19(22)29)26(36)37-2/h3-6,8-10,13,15H,7,11-12,31H2,1-2H3,(H,33,35)/t13-,15+/m1/s1. The predicted molar refractivity (Wildman–Crippen MR) is 129 cm³/mol. The Balaban J connectivity index is 1.70. The van der Waals surface area contributed by atoms with E-state index in [0.29, 0.717) is 36.8 Å². The molecule has 37 heavy (non-hydrogen) atoms. The molecule has 1 aliphatic rings. The number of amides is 1. The van der Waals surface area contributed by atoms with Gasteiger partial charge in [0.15, 0.2) is 0 Å². The molecule has 3 aromatic rings. The van der Waals surface area contributed by atoms with Gasteiger partial charge in [-0.05, 0) is 42.7 Å². The minimum atomic E-state index is -1.47. The number of benzene rings is 2. The maximum atomic E-state index is 15.4. The highest BCUT2D eigenvalue weighted by atomic mass is 19.1. The molecule has 0 saturated carbocycles. The molecule has 1 fully saturated rings. The molecule has 3 N–H and O–H groups in total. The molecule has 0 unspecified atom stereocenters. The lowest BCUT2D eigenvalue weighted by atomic mass is 9.96. The number of piperidine rings is 1. The smallest absolute Gasteiger partial charge is 0.338 e. The topological polar surface area (TPSA) is 97.5 Å². The number of rotatable bonds is 5. The normalized spacial score (nSPS) is 17.4. The van der Waals surface area contributed by atoms with E-state index in [4.69, 9.17) is 5.73 Å². The number of carbonyl (C=O) groups excluding carboxylic acids is 2. The van der Waals surface area contributed by atoms with Crippen molar-refractivity contribution >= 4 is 23.3 Å². The summed E-state index contributed by atoms with van der Waals surface area (Å²) in [5, 5.41) is 2.56. The number of methoxy groups -OCH3 is 1. The molecule has 2 heterocycles. The Morgan fingerprint density at radius 2 is 1.76 bits per heavy atom. The number of nitrogens with two attached hydrogens (primary N) is 1. The van der Waals surface area contributed by atoms with Crippen molar-refractivity contribution in [1.29, 1.82) is 0 Å². The molecule has 2 aromatic carbocycles. The van der Waals surface area contributed by atoms with Crippen LogP contribution < -0.4 is 16.0 Å². The van der Waals surface area contributed by atoms with Crippen molar-refractivity contribution in [3.63, 3.8) is 0 Å². The van der Waals surface area contributed by atoms with Crippen LogP contribution >= 0.6 is 0 Å². The van der Waals surface area contributed by atoms with Gasteiger partial charge in [-0.15, -0.1) is 0 Å². The summed E-state index contributed by atoms with van der Waals surface area (Å²) in [6.45, 7) is 3.26. The molecule has 1 saturated heterocycles. The molecule has 4 rings (SSSR count). The van der Waals surface area contributed by atoms with E-state index in [9.17, 15) is 22.8 Å². The number of halogens is 4. The van der Waals surface area contributed by atoms with E-state index < -0.39 is 57.4 Å². The Morgan fingerprint density at radius 3 is 2.41 bits per heavy atom. The van der Waals surface area contributed by atoms with Gasteiger partial charge in [0.05, 0.1) is 46.9 Å². The highest BCUT2D eigenvalue weighted by Gasteiger charge is 2.28. The van der Waals surface area contributed by atoms with E-state index in [1.165, 1.54) is 12.4 Å². The second-order valence-electron chi connectivity index (χ2n) is 8.94. The molecule has 0 aliphatic carbocycles. The van der Waals surface area contributed by atoms with Gasteiger partial charge in [0.1, 0.15) is 23.3 Å². The summed E-state index contributed by atoms with van der Waals surface area (Å²) in [7, 11) is 1.02. The molecule has 0 bridgehead atoms. The summed E-state index contributed by atoms with van der Waals surface area (Å²) < 4.78 is 64.0. The van der Waals surface area contributed by atoms with E-state index in [-0.39, 0.29) is 11.7 Å². The zero-order valence-electron chi connectivity index (χ0n) is 20.0. The largest absolute Gasteiger partial charge is 0.465 e. The van der Waals surface area contributed by atoms with Crippen LogP contribution in [0.5, 0.6) is 0 Å². The zero-order valence-corrected chi connectivity index (χ0v) is 20.0. The van der Waals surface area contributed by atoms with E-state index in [1.807, 2.05) is 4.90 Å². The second-order valence-corrected chi connectivity index (χ2v) is 8.94. The number of aromatic nitrogens is 1. The maximum absolute atomic E-state index is 15.4. The maximum Gasteiger partial charge on any atom is 0.338 e. The molecule has 0 spiro atoms. The number of anilines is 2. The van der Waals surface area contributed by atoms with E-state index in [2.05, 4.69) is 22.0 Å². The number of hydrogen-bond donors (Lipinski definition) is 2. The fourth-order valence-electron chi connectivity index (χ4n) is 4.55. The monoisotopic (exact) mass is 516 g/mol. The molecule has 2 atom stereocenters. The van der Waals surface area contributed by atoms with Crippen LogP contribution in [0.3, 0.4) is 0 Å². The van der Waals surface area contributed by atoms with Gasteiger partial charge in [0.2, 0.25) is 0 Å². The first-order chi connectivity index (χ1) is 17.6. The molecule has 194 valence electrons. The van der Waals surface area contributed by atoms with Crippen LogP contribution in [0.4, 0.5) is 28.9 Å². The summed E-state index contributed by atoms with van der Waals surface area (Å²) in [5.74, 6) is -7.28. The summed E-state index contributed by atoms with van der Waals surface area (Å²) in [6.07, 6.45) is 3.77. The summed E-state index contributed by atoms with van der Waals surface area (Å²) >= 11 is 0.